The second kappa shape index (κ2) is 6.89. The fourth-order valence-electron chi connectivity index (χ4n) is 2.72. The molecule has 3 rings (SSSR count). The summed E-state index contributed by atoms with van der Waals surface area (Å²) in [7, 11) is -3.24. The number of nitrogens with one attached hydrogen (secondary N) is 2. The third-order valence-corrected chi connectivity index (χ3v) is 5.15. The van der Waals surface area contributed by atoms with E-state index in [0.29, 0.717) is 0 Å². The van der Waals surface area contributed by atoms with E-state index in [0.717, 1.165) is 33.3 Å². The Kier molecular flexibility index (Phi) is 4.80. The molecule has 1 aromatic heterocycles. The van der Waals surface area contributed by atoms with Crippen LogP contribution in [0.3, 0.4) is 0 Å². The maximum atomic E-state index is 11.7. The fraction of sp³-hybridized carbons (Fsp3) is 0.111. The number of benzene rings is 2. The minimum absolute atomic E-state index is 0.0799. The number of fused-ring (bicyclic) bond motifs is 1. The minimum Gasteiger partial charge on any atom is -0.375 e. The normalized spacial score (nSPS) is 11.9. The van der Waals surface area contributed by atoms with Crippen molar-refractivity contribution >= 4 is 44.3 Å². The van der Waals surface area contributed by atoms with Gasteiger partial charge in [0, 0.05) is 22.7 Å². The Balaban J connectivity index is 2.15. The van der Waals surface area contributed by atoms with E-state index >= 15 is 0 Å². The summed E-state index contributed by atoms with van der Waals surface area (Å²) in [6.45, 7) is 2.02. The SMILES string of the molecule is Cc1ccc2[nH]c(-c3ccc(S(C)(=O)=O)cc3)c(/C=N/NC(N)=S)c2c1. The van der Waals surface area contributed by atoms with Gasteiger partial charge in [0.05, 0.1) is 16.8 Å². The van der Waals surface area contributed by atoms with Crippen LogP contribution in [-0.2, 0) is 9.84 Å². The van der Waals surface area contributed by atoms with Crippen molar-refractivity contribution in [3.8, 4) is 11.3 Å². The molecule has 0 aliphatic carbocycles. The number of sulfone groups is 1. The molecule has 0 spiro atoms. The first kappa shape index (κ1) is 18.1. The fourth-order valence-corrected chi connectivity index (χ4v) is 3.40. The Morgan fingerprint density at radius 3 is 2.54 bits per heavy atom. The number of aromatic amines is 1. The van der Waals surface area contributed by atoms with Gasteiger partial charge in [-0.05, 0) is 49.0 Å². The Morgan fingerprint density at radius 1 is 1.23 bits per heavy atom. The number of hydrazone groups is 1. The van der Waals surface area contributed by atoms with E-state index in [4.69, 9.17) is 18.0 Å². The van der Waals surface area contributed by atoms with Crippen molar-refractivity contribution in [1.82, 2.24) is 10.4 Å². The Hall–Kier alpha value is -2.71. The smallest absolute Gasteiger partial charge is 0.184 e. The molecular weight excluding hydrogens is 368 g/mol. The van der Waals surface area contributed by atoms with Crippen LogP contribution in [0.5, 0.6) is 0 Å². The number of nitrogens with two attached hydrogens (primary N) is 1. The van der Waals surface area contributed by atoms with E-state index in [9.17, 15) is 8.42 Å². The summed E-state index contributed by atoms with van der Waals surface area (Å²) in [4.78, 5) is 3.65. The first-order valence-electron chi connectivity index (χ1n) is 7.77. The number of rotatable bonds is 4. The van der Waals surface area contributed by atoms with Gasteiger partial charge >= 0.3 is 0 Å². The van der Waals surface area contributed by atoms with Gasteiger partial charge < -0.3 is 10.7 Å². The molecule has 0 aliphatic heterocycles. The number of hydrogen-bond acceptors (Lipinski definition) is 4. The van der Waals surface area contributed by atoms with Crippen LogP contribution in [-0.4, -0.2) is 31.0 Å². The van der Waals surface area contributed by atoms with Crippen molar-refractivity contribution in [2.75, 3.05) is 6.26 Å². The zero-order chi connectivity index (χ0) is 18.9. The zero-order valence-corrected chi connectivity index (χ0v) is 15.9. The van der Waals surface area contributed by atoms with E-state index in [2.05, 4.69) is 21.6 Å². The third-order valence-electron chi connectivity index (χ3n) is 3.93. The van der Waals surface area contributed by atoms with E-state index < -0.39 is 9.84 Å². The molecule has 0 unspecified atom stereocenters. The van der Waals surface area contributed by atoms with Crippen LogP contribution in [0.1, 0.15) is 11.1 Å². The molecule has 0 bridgehead atoms. The molecule has 0 fully saturated rings. The molecule has 134 valence electrons. The maximum absolute atomic E-state index is 11.7. The second-order valence-electron chi connectivity index (χ2n) is 5.99. The van der Waals surface area contributed by atoms with Gasteiger partial charge in [0.25, 0.3) is 0 Å². The molecule has 0 radical (unpaired) electrons. The summed E-state index contributed by atoms with van der Waals surface area (Å²) < 4.78 is 23.3. The molecule has 0 amide bonds. The van der Waals surface area contributed by atoms with Crippen molar-refractivity contribution in [3.05, 3.63) is 53.6 Å². The highest BCUT2D eigenvalue weighted by Crippen LogP contribution is 2.30. The minimum atomic E-state index is -3.24. The van der Waals surface area contributed by atoms with Crippen molar-refractivity contribution in [1.29, 1.82) is 0 Å². The topological polar surface area (TPSA) is 100 Å². The van der Waals surface area contributed by atoms with Crippen molar-refractivity contribution < 1.29 is 8.42 Å². The number of thiocarbonyl (C=S) groups is 1. The molecule has 3 aromatic rings. The lowest BCUT2D eigenvalue weighted by Crippen LogP contribution is -2.24. The van der Waals surface area contributed by atoms with Crippen LogP contribution < -0.4 is 11.2 Å². The summed E-state index contributed by atoms with van der Waals surface area (Å²) in [5.74, 6) is 0. The highest BCUT2D eigenvalue weighted by Gasteiger charge is 2.13. The summed E-state index contributed by atoms with van der Waals surface area (Å²) in [6.07, 6.45) is 2.84. The molecule has 8 heteroatoms. The van der Waals surface area contributed by atoms with Gasteiger partial charge in [-0.1, -0.05) is 23.8 Å². The Morgan fingerprint density at radius 2 is 1.92 bits per heavy atom. The lowest BCUT2D eigenvalue weighted by Gasteiger charge is -2.03. The van der Waals surface area contributed by atoms with Gasteiger partial charge in [0.15, 0.2) is 14.9 Å². The predicted octanol–water partition coefficient (Wildman–Crippen LogP) is 2.71. The molecule has 4 N–H and O–H groups in total. The number of H-pyrrole nitrogens is 1. The molecule has 0 aliphatic rings. The molecule has 0 saturated carbocycles. The van der Waals surface area contributed by atoms with Crippen molar-refractivity contribution in [3.63, 3.8) is 0 Å². The standard InChI is InChI=1S/C18H18N4O2S2/c1-11-3-8-16-14(9-11)15(10-20-22-18(19)25)17(21-16)12-4-6-13(7-5-12)26(2,23)24/h3-10,21H,1-2H3,(H3,19,22,25)/b20-10+. The van der Waals surface area contributed by atoms with Gasteiger partial charge in [-0.2, -0.15) is 5.10 Å². The second-order valence-corrected chi connectivity index (χ2v) is 8.45. The third kappa shape index (κ3) is 3.76. The maximum Gasteiger partial charge on any atom is 0.184 e. The van der Waals surface area contributed by atoms with E-state index in [1.54, 1.807) is 30.5 Å². The van der Waals surface area contributed by atoms with E-state index in [-0.39, 0.29) is 10.0 Å². The average Bonchev–Trinajstić information content (AvgIpc) is 2.92. The predicted molar refractivity (Wildman–Crippen MR) is 109 cm³/mol. The van der Waals surface area contributed by atoms with E-state index in [1.165, 1.54) is 6.26 Å². The molecule has 1 heterocycles. The van der Waals surface area contributed by atoms with Crippen LogP contribution >= 0.6 is 12.2 Å². The van der Waals surface area contributed by atoms with Crippen LogP contribution in [0.15, 0.2) is 52.5 Å². The quantitative estimate of drug-likeness (QED) is 0.364. The zero-order valence-electron chi connectivity index (χ0n) is 14.3. The monoisotopic (exact) mass is 386 g/mol. The van der Waals surface area contributed by atoms with Crippen molar-refractivity contribution in [2.45, 2.75) is 11.8 Å². The van der Waals surface area contributed by atoms with Gasteiger partial charge in [-0.15, -0.1) is 0 Å². The van der Waals surface area contributed by atoms with Crippen LogP contribution in [0.25, 0.3) is 22.2 Å². The van der Waals surface area contributed by atoms with Gasteiger partial charge in [-0.25, -0.2) is 8.42 Å². The molecular formula is C18H18N4O2S2. The van der Waals surface area contributed by atoms with Crippen molar-refractivity contribution in [2.24, 2.45) is 10.8 Å². The van der Waals surface area contributed by atoms with Gasteiger partial charge in [0.1, 0.15) is 0 Å². The lowest BCUT2D eigenvalue weighted by atomic mass is 10.0. The first-order chi connectivity index (χ1) is 12.3. The molecule has 0 atom stereocenters. The van der Waals surface area contributed by atoms with Crippen LogP contribution in [0.2, 0.25) is 0 Å². The summed E-state index contributed by atoms with van der Waals surface area (Å²) in [6, 6.07) is 12.8. The van der Waals surface area contributed by atoms with Gasteiger partial charge in [0.2, 0.25) is 0 Å². The van der Waals surface area contributed by atoms with Crippen LogP contribution in [0, 0.1) is 6.92 Å². The summed E-state index contributed by atoms with van der Waals surface area (Å²) in [5, 5.41) is 5.16. The Bertz CT molecular complexity index is 1110. The van der Waals surface area contributed by atoms with E-state index in [1.807, 2.05) is 19.1 Å². The molecule has 6 nitrogen and oxygen atoms in total. The highest BCUT2D eigenvalue weighted by molar-refractivity contribution is 7.90. The number of hydrogen-bond donors (Lipinski definition) is 3. The highest BCUT2D eigenvalue weighted by atomic mass is 32.2. The van der Waals surface area contributed by atoms with Crippen LogP contribution in [0.4, 0.5) is 0 Å². The summed E-state index contributed by atoms with van der Waals surface area (Å²) >= 11 is 4.77. The first-order valence-corrected chi connectivity index (χ1v) is 10.1. The van der Waals surface area contributed by atoms with Gasteiger partial charge in [-0.3, -0.25) is 5.43 Å². The Labute approximate surface area is 157 Å². The molecule has 0 saturated heterocycles. The molecule has 2 aromatic carbocycles. The number of aryl methyl sites for hydroxylation is 1. The number of nitrogens with zero attached hydrogens (tertiary/aromatic N) is 1. The average molecular weight is 387 g/mol. The summed E-state index contributed by atoms with van der Waals surface area (Å²) in [5.41, 5.74) is 12.6. The largest absolute Gasteiger partial charge is 0.375 e. The lowest BCUT2D eigenvalue weighted by molar-refractivity contribution is 0.602. The number of aromatic nitrogens is 1. The molecule has 26 heavy (non-hydrogen) atoms.